The summed E-state index contributed by atoms with van der Waals surface area (Å²) < 4.78 is 38.5. The van der Waals surface area contributed by atoms with Crippen molar-refractivity contribution < 1.29 is 22.7 Å². The van der Waals surface area contributed by atoms with Gasteiger partial charge in [-0.1, -0.05) is 35.4 Å². The van der Waals surface area contributed by atoms with Gasteiger partial charge in [0.2, 0.25) is 0 Å². The van der Waals surface area contributed by atoms with Crippen molar-refractivity contribution in [2.24, 2.45) is 5.10 Å². The average molecular weight is 516 g/mol. The number of hydrogen-bond acceptors (Lipinski definition) is 6. The summed E-state index contributed by atoms with van der Waals surface area (Å²) in [6.07, 6.45) is 1.40. The molecule has 0 saturated carbocycles. The van der Waals surface area contributed by atoms with E-state index >= 15 is 0 Å². The monoisotopic (exact) mass is 515 g/mol. The summed E-state index contributed by atoms with van der Waals surface area (Å²) in [7, 11) is -1.02. The molecule has 10 heteroatoms. The molecule has 0 radical (unpaired) electrons. The normalized spacial score (nSPS) is 11.3. The van der Waals surface area contributed by atoms with Crippen LogP contribution in [0.3, 0.4) is 0 Å². The summed E-state index contributed by atoms with van der Waals surface area (Å²) >= 11 is 6.25. The van der Waals surface area contributed by atoms with E-state index in [0.717, 1.165) is 9.87 Å². The van der Waals surface area contributed by atoms with Gasteiger partial charge in [0.15, 0.2) is 0 Å². The van der Waals surface area contributed by atoms with Gasteiger partial charge in [-0.2, -0.15) is 5.10 Å². The van der Waals surface area contributed by atoms with Crippen molar-refractivity contribution in [3.63, 3.8) is 0 Å². The zero-order valence-electron chi connectivity index (χ0n) is 19.8. The number of carbonyl (C=O) groups is 1. The molecule has 0 spiro atoms. The molecule has 1 amide bonds. The van der Waals surface area contributed by atoms with Gasteiger partial charge < -0.3 is 9.47 Å². The van der Waals surface area contributed by atoms with Gasteiger partial charge in [-0.05, 0) is 55.8 Å². The molecule has 0 heterocycles. The molecule has 1 N–H and O–H groups in total. The largest absolute Gasteiger partial charge is 0.497 e. The molecule has 0 fully saturated rings. The number of nitrogens with zero attached hydrogens (tertiary/aromatic N) is 2. The number of anilines is 1. The fraction of sp³-hybridized carbons (Fsp3) is 0.200. The number of methoxy groups -OCH3 is 2. The molecule has 35 heavy (non-hydrogen) atoms. The van der Waals surface area contributed by atoms with Gasteiger partial charge in [-0.25, -0.2) is 13.8 Å². The van der Waals surface area contributed by atoms with Gasteiger partial charge in [0.05, 0.1) is 31.0 Å². The van der Waals surface area contributed by atoms with Crippen molar-refractivity contribution in [3.8, 4) is 11.5 Å². The average Bonchev–Trinajstić information content (AvgIpc) is 2.84. The Morgan fingerprint density at radius 1 is 1.06 bits per heavy atom. The molecule has 0 aliphatic heterocycles. The molecule has 0 aliphatic carbocycles. The molecule has 3 rings (SSSR count). The maximum absolute atomic E-state index is 13.5. The van der Waals surface area contributed by atoms with Crippen molar-refractivity contribution >= 4 is 39.4 Å². The Balaban J connectivity index is 1.88. The standard InChI is InChI=1S/C25H26ClN3O5S/c1-17-8-12-21(13-9-17)35(31,32)29(23-7-5-6-22(26)18(23)2)16-25(30)28-27-15-19-10-11-20(33-3)14-24(19)34-4/h5-15H,16H2,1-4H3,(H,28,30)/b27-15-. The second kappa shape index (κ2) is 11.2. The van der Waals surface area contributed by atoms with E-state index < -0.39 is 22.5 Å². The van der Waals surface area contributed by atoms with Gasteiger partial charge in [-0.15, -0.1) is 0 Å². The molecular weight excluding hydrogens is 490 g/mol. The number of sulfonamides is 1. The zero-order chi connectivity index (χ0) is 25.6. The third-order valence-corrected chi connectivity index (χ3v) is 7.42. The van der Waals surface area contributed by atoms with Gasteiger partial charge in [0.25, 0.3) is 15.9 Å². The Labute approximate surface area is 210 Å². The number of nitrogens with one attached hydrogen (secondary N) is 1. The number of carbonyl (C=O) groups excluding carboxylic acids is 1. The van der Waals surface area contributed by atoms with Gasteiger partial charge in [0, 0.05) is 16.7 Å². The minimum Gasteiger partial charge on any atom is -0.497 e. The first kappa shape index (κ1) is 26.1. The Hall–Kier alpha value is -3.56. The van der Waals surface area contributed by atoms with Gasteiger partial charge >= 0.3 is 0 Å². The molecule has 0 unspecified atom stereocenters. The first-order chi connectivity index (χ1) is 16.7. The molecule has 0 bridgehead atoms. The smallest absolute Gasteiger partial charge is 0.264 e. The fourth-order valence-corrected chi connectivity index (χ4v) is 4.92. The van der Waals surface area contributed by atoms with E-state index in [-0.39, 0.29) is 4.90 Å². The second-order valence-corrected chi connectivity index (χ2v) is 9.88. The number of halogens is 1. The van der Waals surface area contributed by atoms with Crippen LogP contribution in [-0.2, 0) is 14.8 Å². The molecule has 0 saturated heterocycles. The molecule has 3 aromatic rings. The number of ether oxygens (including phenoxy) is 2. The first-order valence-electron chi connectivity index (χ1n) is 10.6. The van der Waals surface area contributed by atoms with Crippen molar-refractivity contribution in [3.05, 3.63) is 82.4 Å². The summed E-state index contributed by atoms with van der Waals surface area (Å²) in [5.41, 5.74) is 4.73. The molecule has 0 atom stereocenters. The topological polar surface area (TPSA) is 97.3 Å². The van der Waals surface area contributed by atoms with Crippen LogP contribution < -0.4 is 19.2 Å². The van der Waals surface area contributed by atoms with Crippen LogP contribution in [-0.4, -0.2) is 41.3 Å². The van der Waals surface area contributed by atoms with E-state index in [4.69, 9.17) is 21.1 Å². The highest BCUT2D eigenvalue weighted by Gasteiger charge is 2.28. The molecule has 8 nitrogen and oxygen atoms in total. The quantitative estimate of drug-likeness (QED) is 0.338. The van der Waals surface area contributed by atoms with Gasteiger partial charge in [-0.3, -0.25) is 9.10 Å². The van der Waals surface area contributed by atoms with Crippen molar-refractivity contribution in [1.29, 1.82) is 0 Å². The zero-order valence-corrected chi connectivity index (χ0v) is 21.4. The maximum Gasteiger partial charge on any atom is 0.264 e. The van der Waals surface area contributed by atoms with E-state index in [9.17, 15) is 13.2 Å². The highest BCUT2D eigenvalue weighted by molar-refractivity contribution is 7.92. The summed E-state index contributed by atoms with van der Waals surface area (Å²) in [5.74, 6) is 0.473. The summed E-state index contributed by atoms with van der Waals surface area (Å²) in [6.45, 7) is 3.05. The predicted octanol–water partition coefficient (Wildman–Crippen LogP) is 4.32. The summed E-state index contributed by atoms with van der Waals surface area (Å²) in [5, 5.41) is 4.35. The number of aryl methyl sites for hydroxylation is 1. The first-order valence-corrected chi connectivity index (χ1v) is 12.4. The summed E-state index contributed by atoms with van der Waals surface area (Å²) in [6, 6.07) is 16.4. The second-order valence-electron chi connectivity index (χ2n) is 7.61. The number of benzene rings is 3. The Morgan fingerprint density at radius 3 is 2.43 bits per heavy atom. The maximum atomic E-state index is 13.5. The van der Waals surface area contributed by atoms with E-state index in [0.29, 0.717) is 33.3 Å². The van der Waals surface area contributed by atoms with Crippen LogP contribution >= 0.6 is 11.6 Å². The molecule has 0 aliphatic rings. The van der Waals surface area contributed by atoms with Crippen molar-refractivity contribution in [2.75, 3.05) is 25.1 Å². The third kappa shape index (κ3) is 6.12. The predicted molar refractivity (Wildman–Crippen MR) is 137 cm³/mol. The van der Waals surface area contributed by atoms with Crippen LogP contribution in [0.1, 0.15) is 16.7 Å². The Bertz CT molecular complexity index is 1340. The molecule has 0 aromatic heterocycles. The number of hydrogen-bond donors (Lipinski definition) is 1. The lowest BCUT2D eigenvalue weighted by Crippen LogP contribution is -2.40. The molecule has 184 valence electrons. The fourth-order valence-electron chi connectivity index (χ4n) is 3.27. The van der Waals surface area contributed by atoms with Crippen molar-refractivity contribution in [1.82, 2.24) is 5.43 Å². The van der Waals surface area contributed by atoms with Crippen LogP contribution in [0, 0.1) is 13.8 Å². The molecule has 3 aromatic carbocycles. The van der Waals surface area contributed by atoms with Gasteiger partial charge in [0.1, 0.15) is 18.0 Å². The lowest BCUT2D eigenvalue weighted by molar-refractivity contribution is -0.119. The van der Waals surface area contributed by atoms with Crippen molar-refractivity contribution in [2.45, 2.75) is 18.7 Å². The minimum atomic E-state index is -4.07. The SMILES string of the molecule is COc1ccc(/C=N\NC(=O)CN(c2cccc(Cl)c2C)S(=O)(=O)c2ccc(C)cc2)c(OC)c1. The van der Waals surface area contributed by atoms with E-state index in [2.05, 4.69) is 10.5 Å². The minimum absolute atomic E-state index is 0.0572. The number of amides is 1. The van der Waals surface area contributed by atoms with E-state index in [1.165, 1.54) is 25.5 Å². The Morgan fingerprint density at radius 2 is 1.77 bits per heavy atom. The van der Waals surface area contributed by atoms with Crippen LogP contribution in [0.15, 0.2) is 70.7 Å². The Kier molecular flexibility index (Phi) is 8.37. The van der Waals surface area contributed by atoms with Crippen LogP contribution in [0.4, 0.5) is 5.69 Å². The van der Waals surface area contributed by atoms with E-state index in [1.54, 1.807) is 62.6 Å². The lowest BCUT2D eigenvalue weighted by Gasteiger charge is -2.25. The van der Waals surface area contributed by atoms with Crippen LogP contribution in [0.2, 0.25) is 5.02 Å². The molecular formula is C25H26ClN3O5S. The third-order valence-electron chi connectivity index (χ3n) is 5.24. The number of hydrazone groups is 1. The van der Waals surface area contributed by atoms with Crippen LogP contribution in [0.5, 0.6) is 11.5 Å². The van der Waals surface area contributed by atoms with E-state index in [1.807, 2.05) is 6.92 Å². The van der Waals surface area contributed by atoms with Crippen LogP contribution in [0.25, 0.3) is 0 Å². The highest BCUT2D eigenvalue weighted by atomic mass is 35.5. The highest BCUT2D eigenvalue weighted by Crippen LogP contribution is 2.31. The lowest BCUT2D eigenvalue weighted by atomic mass is 10.2. The summed E-state index contributed by atoms with van der Waals surface area (Å²) in [4.78, 5) is 12.8. The number of rotatable bonds is 9.